The molecule has 7 heteroatoms. The van der Waals surface area contributed by atoms with Crippen LogP contribution in [0.2, 0.25) is 0 Å². The molecule has 0 saturated heterocycles. The zero-order valence-corrected chi connectivity index (χ0v) is 11.4. The van der Waals surface area contributed by atoms with Crippen molar-refractivity contribution < 1.29 is 13.6 Å². The van der Waals surface area contributed by atoms with Gasteiger partial charge in [0.05, 0.1) is 11.7 Å². The molecule has 0 saturated carbocycles. The number of nitrogens with zero attached hydrogens (tertiary/aromatic N) is 2. The smallest absolute Gasteiger partial charge is 0.276 e. The number of amides is 1. The molecule has 0 bridgehead atoms. The predicted molar refractivity (Wildman–Crippen MR) is 73.2 cm³/mol. The molecule has 5 nitrogen and oxygen atoms in total. The number of benzene rings is 1. The molecule has 0 aliphatic carbocycles. The minimum Gasteiger partial charge on any atom is -0.318 e. The van der Waals surface area contributed by atoms with E-state index in [2.05, 4.69) is 10.4 Å². The Hall–Kier alpha value is -2.57. The average molecular weight is 293 g/mol. The van der Waals surface area contributed by atoms with Gasteiger partial charge in [-0.05, 0) is 32.0 Å². The Morgan fingerprint density at radius 3 is 2.62 bits per heavy atom. The van der Waals surface area contributed by atoms with Crippen LogP contribution in [-0.4, -0.2) is 15.7 Å². The zero-order chi connectivity index (χ0) is 15.6. The van der Waals surface area contributed by atoms with Crippen molar-refractivity contribution in [3.8, 4) is 0 Å². The maximum absolute atomic E-state index is 13.5. The summed E-state index contributed by atoms with van der Waals surface area (Å²) in [4.78, 5) is 23.5. The van der Waals surface area contributed by atoms with E-state index in [0.717, 1.165) is 22.9 Å². The predicted octanol–water partition coefficient (Wildman–Crippen LogP) is 2.35. The van der Waals surface area contributed by atoms with E-state index in [0.29, 0.717) is 0 Å². The summed E-state index contributed by atoms with van der Waals surface area (Å²) in [5, 5.41) is 6.12. The first kappa shape index (κ1) is 14.8. The van der Waals surface area contributed by atoms with E-state index in [1.807, 2.05) is 0 Å². The number of aromatic nitrogens is 2. The summed E-state index contributed by atoms with van der Waals surface area (Å²) >= 11 is 0. The van der Waals surface area contributed by atoms with E-state index in [4.69, 9.17) is 0 Å². The number of carbonyl (C=O) groups excluding carboxylic acids is 1. The standard InChI is InChI=1S/C14H13F2N3O2/c1-8(2)19-13(20)6-5-11(18-19)14(21)17-12-7-9(15)3-4-10(12)16/h3-8H,1-2H3,(H,17,21). The molecular weight excluding hydrogens is 280 g/mol. The zero-order valence-electron chi connectivity index (χ0n) is 11.4. The van der Waals surface area contributed by atoms with Crippen molar-refractivity contribution in [1.82, 2.24) is 9.78 Å². The molecule has 1 aromatic heterocycles. The van der Waals surface area contributed by atoms with Crippen LogP contribution in [-0.2, 0) is 0 Å². The molecule has 1 N–H and O–H groups in total. The Morgan fingerprint density at radius 2 is 1.95 bits per heavy atom. The van der Waals surface area contributed by atoms with Crippen molar-refractivity contribution in [3.63, 3.8) is 0 Å². The van der Waals surface area contributed by atoms with Gasteiger partial charge in [-0.25, -0.2) is 13.5 Å². The molecular formula is C14H13F2N3O2. The fourth-order valence-electron chi connectivity index (χ4n) is 1.70. The van der Waals surface area contributed by atoms with Crippen LogP contribution in [0.25, 0.3) is 0 Å². The third-order valence-electron chi connectivity index (χ3n) is 2.72. The lowest BCUT2D eigenvalue weighted by atomic mass is 10.2. The van der Waals surface area contributed by atoms with Crippen LogP contribution in [0.4, 0.5) is 14.5 Å². The molecule has 0 radical (unpaired) electrons. The van der Waals surface area contributed by atoms with Gasteiger partial charge in [0.25, 0.3) is 11.5 Å². The van der Waals surface area contributed by atoms with Crippen LogP contribution in [0, 0.1) is 11.6 Å². The molecule has 0 atom stereocenters. The fraction of sp³-hybridized carbons (Fsp3) is 0.214. The van der Waals surface area contributed by atoms with Gasteiger partial charge >= 0.3 is 0 Å². The van der Waals surface area contributed by atoms with E-state index in [1.54, 1.807) is 13.8 Å². The van der Waals surface area contributed by atoms with Gasteiger partial charge in [0.15, 0.2) is 0 Å². The van der Waals surface area contributed by atoms with Crippen LogP contribution in [0.3, 0.4) is 0 Å². The van der Waals surface area contributed by atoms with Crippen molar-refractivity contribution in [3.05, 3.63) is 58.0 Å². The van der Waals surface area contributed by atoms with Crippen LogP contribution >= 0.6 is 0 Å². The summed E-state index contributed by atoms with van der Waals surface area (Å²) in [6.45, 7) is 3.48. The fourth-order valence-corrected chi connectivity index (χ4v) is 1.70. The van der Waals surface area contributed by atoms with Gasteiger partial charge in [-0.15, -0.1) is 0 Å². The maximum atomic E-state index is 13.5. The highest BCUT2D eigenvalue weighted by molar-refractivity contribution is 6.02. The van der Waals surface area contributed by atoms with Crippen molar-refractivity contribution in [2.24, 2.45) is 0 Å². The Balaban J connectivity index is 2.30. The normalized spacial score (nSPS) is 10.7. The van der Waals surface area contributed by atoms with E-state index in [9.17, 15) is 18.4 Å². The topological polar surface area (TPSA) is 64.0 Å². The quantitative estimate of drug-likeness (QED) is 0.944. The number of hydrogen-bond donors (Lipinski definition) is 1. The molecule has 110 valence electrons. The molecule has 2 aromatic rings. The summed E-state index contributed by atoms with van der Waals surface area (Å²) in [5.41, 5.74) is -0.699. The third kappa shape index (κ3) is 3.31. The maximum Gasteiger partial charge on any atom is 0.276 e. The minimum absolute atomic E-state index is 0.0630. The summed E-state index contributed by atoms with van der Waals surface area (Å²) in [6.07, 6.45) is 0. The number of rotatable bonds is 3. The largest absolute Gasteiger partial charge is 0.318 e. The van der Waals surface area contributed by atoms with Crippen LogP contribution < -0.4 is 10.9 Å². The van der Waals surface area contributed by atoms with Crippen LogP contribution in [0.15, 0.2) is 35.1 Å². The number of anilines is 1. The Bertz CT molecular complexity index is 741. The minimum atomic E-state index is -0.762. The number of nitrogens with one attached hydrogen (secondary N) is 1. The first-order chi connectivity index (χ1) is 9.88. The average Bonchev–Trinajstić information content (AvgIpc) is 2.43. The molecule has 0 aliphatic rings. The van der Waals surface area contributed by atoms with Gasteiger partial charge in [-0.2, -0.15) is 5.10 Å². The summed E-state index contributed by atoms with van der Waals surface area (Å²) in [7, 11) is 0. The van der Waals surface area contributed by atoms with Crippen molar-refractivity contribution in [2.75, 3.05) is 5.32 Å². The highest BCUT2D eigenvalue weighted by Gasteiger charge is 2.13. The van der Waals surface area contributed by atoms with Gasteiger partial charge in [0, 0.05) is 12.1 Å². The highest BCUT2D eigenvalue weighted by atomic mass is 19.1. The van der Waals surface area contributed by atoms with Gasteiger partial charge in [-0.3, -0.25) is 9.59 Å². The van der Waals surface area contributed by atoms with Gasteiger partial charge in [-0.1, -0.05) is 0 Å². The van der Waals surface area contributed by atoms with Crippen molar-refractivity contribution in [2.45, 2.75) is 19.9 Å². The lowest BCUT2D eigenvalue weighted by molar-refractivity contribution is 0.101. The Morgan fingerprint density at radius 1 is 1.24 bits per heavy atom. The van der Waals surface area contributed by atoms with E-state index in [1.165, 1.54) is 12.1 Å². The summed E-state index contributed by atoms with van der Waals surface area (Å²) < 4.78 is 27.6. The summed E-state index contributed by atoms with van der Waals surface area (Å²) in [6, 6.07) is 4.93. The summed E-state index contributed by atoms with van der Waals surface area (Å²) in [5.74, 6) is -2.16. The molecule has 0 unspecified atom stereocenters. The van der Waals surface area contributed by atoms with E-state index >= 15 is 0 Å². The monoisotopic (exact) mass is 293 g/mol. The van der Waals surface area contributed by atoms with Gasteiger partial charge in [0.2, 0.25) is 0 Å². The second-order valence-electron chi connectivity index (χ2n) is 4.67. The molecule has 1 amide bonds. The first-order valence-electron chi connectivity index (χ1n) is 6.25. The van der Waals surface area contributed by atoms with Gasteiger partial charge in [0.1, 0.15) is 17.3 Å². The van der Waals surface area contributed by atoms with Crippen LogP contribution in [0.1, 0.15) is 30.4 Å². The molecule has 2 rings (SSSR count). The molecule has 0 aliphatic heterocycles. The number of hydrogen-bond acceptors (Lipinski definition) is 3. The lowest BCUT2D eigenvalue weighted by Crippen LogP contribution is -2.27. The molecule has 1 heterocycles. The Kier molecular flexibility index (Phi) is 4.11. The van der Waals surface area contributed by atoms with E-state index in [-0.39, 0.29) is 23.0 Å². The molecule has 21 heavy (non-hydrogen) atoms. The Labute approximate surface area is 119 Å². The second-order valence-corrected chi connectivity index (χ2v) is 4.67. The number of carbonyl (C=O) groups is 1. The van der Waals surface area contributed by atoms with Gasteiger partial charge < -0.3 is 5.32 Å². The van der Waals surface area contributed by atoms with E-state index < -0.39 is 17.5 Å². The SMILES string of the molecule is CC(C)n1nc(C(=O)Nc2cc(F)ccc2F)ccc1=O. The molecule has 0 fully saturated rings. The van der Waals surface area contributed by atoms with Crippen molar-refractivity contribution >= 4 is 11.6 Å². The first-order valence-corrected chi connectivity index (χ1v) is 6.25. The number of halogens is 2. The van der Waals surface area contributed by atoms with Crippen molar-refractivity contribution in [1.29, 1.82) is 0 Å². The van der Waals surface area contributed by atoms with Crippen LogP contribution in [0.5, 0.6) is 0 Å². The molecule has 1 aromatic carbocycles. The second kappa shape index (κ2) is 5.82. The highest BCUT2D eigenvalue weighted by Crippen LogP contribution is 2.16. The molecule has 0 spiro atoms. The third-order valence-corrected chi connectivity index (χ3v) is 2.72. The lowest BCUT2D eigenvalue weighted by Gasteiger charge is -2.10.